The van der Waals surface area contributed by atoms with Crippen LogP contribution >= 0.6 is 0 Å². The van der Waals surface area contributed by atoms with Crippen molar-refractivity contribution in [3.05, 3.63) is 48.0 Å². The van der Waals surface area contributed by atoms with E-state index in [-0.39, 0.29) is 17.4 Å². The van der Waals surface area contributed by atoms with E-state index in [0.717, 1.165) is 12.0 Å². The third-order valence-corrected chi connectivity index (χ3v) is 4.51. The molecule has 5 aromatic rings. The number of aromatic nitrogens is 7. The number of benzene rings is 1. The topological polar surface area (TPSA) is 153 Å². The van der Waals surface area contributed by atoms with Crippen LogP contribution in [-0.4, -0.2) is 44.8 Å². The lowest BCUT2D eigenvalue weighted by molar-refractivity contribution is 0.403. The molecule has 1 aromatic carbocycles. The molecule has 29 heavy (non-hydrogen) atoms. The van der Waals surface area contributed by atoms with Gasteiger partial charge in [0, 0.05) is 12.5 Å². The molecule has 0 saturated heterocycles. The molecule has 4 heterocycles. The molecule has 0 radical (unpaired) electrons. The Hall–Kier alpha value is -4.15. The fourth-order valence-corrected chi connectivity index (χ4v) is 3.11. The number of rotatable bonds is 5. The standard InChI is InChI=1S/C18H16N8O3/c19-18-21-16-15(23-26(24-16)14-5-2-8-29-14)17-20-13(22-25(17)18)4-1-3-10-6-7-11(27)12(28)9-10/h2,5-9,27-28H,1,3-4H2,(H2,19,21,24). The van der Waals surface area contributed by atoms with Crippen LogP contribution in [0.1, 0.15) is 17.8 Å². The van der Waals surface area contributed by atoms with E-state index in [1.54, 1.807) is 24.3 Å². The first-order valence-corrected chi connectivity index (χ1v) is 8.91. The molecule has 0 unspecified atom stereocenters. The number of phenolic OH excluding ortho intramolecular Hbond substituents is 2. The molecule has 0 fully saturated rings. The van der Waals surface area contributed by atoms with Crippen LogP contribution < -0.4 is 5.73 Å². The van der Waals surface area contributed by atoms with E-state index in [9.17, 15) is 10.2 Å². The van der Waals surface area contributed by atoms with E-state index in [1.807, 2.05) is 0 Å². The maximum Gasteiger partial charge on any atom is 0.238 e. The summed E-state index contributed by atoms with van der Waals surface area (Å²) in [6.45, 7) is 0. The first kappa shape index (κ1) is 17.0. The molecule has 11 heteroatoms. The molecule has 0 aliphatic carbocycles. The maximum atomic E-state index is 9.59. The van der Waals surface area contributed by atoms with Gasteiger partial charge in [-0.1, -0.05) is 6.07 Å². The first-order valence-electron chi connectivity index (χ1n) is 8.91. The van der Waals surface area contributed by atoms with Gasteiger partial charge in [-0.15, -0.1) is 20.1 Å². The summed E-state index contributed by atoms with van der Waals surface area (Å²) in [6, 6.07) is 8.26. The van der Waals surface area contributed by atoms with E-state index in [4.69, 9.17) is 10.2 Å². The summed E-state index contributed by atoms with van der Waals surface area (Å²) in [5.41, 5.74) is 8.22. The van der Waals surface area contributed by atoms with E-state index < -0.39 is 0 Å². The Bertz CT molecular complexity index is 1320. The molecular formula is C18H16N8O3. The van der Waals surface area contributed by atoms with E-state index in [0.29, 0.717) is 41.4 Å². The van der Waals surface area contributed by atoms with E-state index in [1.165, 1.54) is 21.6 Å². The van der Waals surface area contributed by atoms with Crippen molar-refractivity contribution in [3.63, 3.8) is 0 Å². The molecule has 4 N–H and O–H groups in total. The number of nitrogens with zero attached hydrogens (tertiary/aromatic N) is 7. The summed E-state index contributed by atoms with van der Waals surface area (Å²) < 4.78 is 6.76. The molecule has 0 aliphatic rings. The lowest BCUT2D eigenvalue weighted by atomic mass is 10.1. The van der Waals surface area contributed by atoms with Crippen LogP contribution in [0.15, 0.2) is 41.0 Å². The average Bonchev–Trinajstić information content (AvgIpc) is 3.43. The van der Waals surface area contributed by atoms with Gasteiger partial charge in [0.1, 0.15) is 0 Å². The number of hydrogen-bond donors (Lipinski definition) is 3. The minimum absolute atomic E-state index is 0.130. The number of phenols is 2. The lowest BCUT2D eigenvalue weighted by Crippen LogP contribution is -2.02. The highest BCUT2D eigenvalue weighted by Gasteiger charge is 2.17. The van der Waals surface area contributed by atoms with Crippen LogP contribution in [0.4, 0.5) is 5.95 Å². The van der Waals surface area contributed by atoms with Crippen LogP contribution in [-0.2, 0) is 12.8 Å². The van der Waals surface area contributed by atoms with Gasteiger partial charge in [0.05, 0.1) is 6.26 Å². The van der Waals surface area contributed by atoms with Crippen molar-refractivity contribution in [2.24, 2.45) is 0 Å². The Kier molecular flexibility index (Phi) is 3.79. The second kappa shape index (κ2) is 6.48. The Morgan fingerprint density at radius 2 is 1.90 bits per heavy atom. The third-order valence-electron chi connectivity index (χ3n) is 4.51. The first-order chi connectivity index (χ1) is 14.1. The SMILES string of the molecule is Nc1nc2nn(-c3ccco3)nc2c2nc(CCCc3ccc(O)c(O)c3)nn12. The zero-order chi connectivity index (χ0) is 20.0. The number of anilines is 1. The minimum Gasteiger partial charge on any atom is -0.504 e. The Morgan fingerprint density at radius 1 is 1.00 bits per heavy atom. The van der Waals surface area contributed by atoms with Crippen LogP contribution in [0.5, 0.6) is 11.5 Å². The number of nitrogens with two attached hydrogens (primary N) is 1. The molecular weight excluding hydrogens is 376 g/mol. The number of aromatic hydroxyl groups is 2. The zero-order valence-electron chi connectivity index (χ0n) is 15.1. The third kappa shape index (κ3) is 2.98. The second-order valence-corrected chi connectivity index (χ2v) is 6.52. The van der Waals surface area contributed by atoms with Crippen molar-refractivity contribution in [1.29, 1.82) is 0 Å². The normalized spacial score (nSPS) is 11.6. The van der Waals surface area contributed by atoms with Crippen LogP contribution in [0, 0.1) is 0 Å². The molecule has 146 valence electrons. The molecule has 0 amide bonds. The van der Waals surface area contributed by atoms with Gasteiger partial charge in [-0.2, -0.15) is 9.50 Å². The van der Waals surface area contributed by atoms with Gasteiger partial charge in [0.25, 0.3) is 0 Å². The summed E-state index contributed by atoms with van der Waals surface area (Å²) >= 11 is 0. The lowest BCUT2D eigenvalue weighted by Gasteiger charge is -2.02. The van der Waals surface area contributed by atoms with Gasteiger partial charge in [-0.05, 0) is 36.6 Å². The molecule has 0 atom stereocenters. The summed E-state index contributed by atoms with van der Waals surface area (Å²) in [5.74, 6) is 0.957. The van der Waals surface area contributed by atoms with Crippen molar-refractivity contribution >= 4 is 22.8 Å². The molecule has 5 rings (SSSR count). The van der Waals surface area contributed by atoms with Gasteiger partial charge in [-0.3, -0.25) is 0 Å². The van der Waals surface area contributed by atoms with Crippen molar-refractivity contribution < 1.29 is 14.6 Å². The Morgan fingerprint density at radius 3 is 2.69 bits per heavy atom. The largest absolute Gasteiger partial charge is 0.504 e. The predicted molar refractivity (Wildman–Crippen MR) is 102 cm³/mol. The molecule has 0 aliphatic heterocycles. The van der Waals surface area contributed by atoms with Gasteiger partial charge in [0.15, 0.2) is 28.5 Å². The van der Waals surface area contributed by atoms with Crippen LogP contribution in [0.25, 0.3) is 22.7 Å². The zero-order valence-corrected chi connectivity index (χ0v) is 15.1. The summed E-state index contributed by atoms with van der Waals surface area (Å²) in [4.78, 5) is 10.1. The second-order valence-electron chi connectivity index (χ2n) is 6.52. The summed E-state index contributed by atoms with van der Waals surface area (Å²) in [5, 5.41) is 32.1. The highest BCUT2D eigenvalue weighted by Crippen LogP contribution is 2.25. The van der Waals surface area contributed by atoms with Crippen molar-refractivity contribution in [2.45, 2.75) is 19.3 Å². The molecule has 0 spiro atoms. The maximum absolute atomic E-state index is 9.59. The van der Waals surface area contributed by atoms with Crippen molar-refractivity contribution in [1.82, 2.24) is 34.6 Å². The number of furan rings is 1. The highest BCUT2D eigenvalue weighted by atomic mass is 16.3. The van der Waals surface area contributed by atoms with Crippen molar-refractivity contribution in [3.8, 4) is 17.4 Å². The predicted octanol–water partition coefficient (Wildman–Crippen LogP) is 1.62. The molecule has 0 bridgehead atoms. The average molecular weight is 392 g/mol. The summed E-state index contributed by atoms with van der Waals surface area (Å²) in [6.07, 6.45) is 3.57. The monoisotopic (exact) mass is 392 g/mol. The fraction of sp³-hybridized carbons (Fsp3) is 0.167. The smallest absolute Gasteiger partial charge is 0.238 e. The molecule has 0 saturated carbocycles. The van der Waals surface area contributed by atoms with Gasteiger partial charge < -0.3 is 20.4 Å². The van der Waals surface area contributed by atoms with E-state index in [2.05, 4.69) is 25.3 Å². The minimum atomic E-state index is -0.134. The van der Waals surface area contributed by atoms with Gasteiger partial charge in [-0.25, -0.2) is 4.98 Å². The van der Waals surface area contributed by atoms with E-state index >= 15 is 0 Å². The van der Waals surface area contributed by atoms with Crippen LogP contribution in [0.3, 0.4) is 0 Å². The van der Waals surface area contributed by atoms with Crippen LogP contribution in [0.2, 0.25) is 0 Å². The summed E-state index contributed by atoms with van der Waals surface area (Å²) in [7, 11) is 0. The number of fused-ring (bicyclic) bond motifs is 3. The van der Waals surface area contributed by atoms with Gasteiger partial charge >= 0.3 is 0 Å². The highest BCUT2D eigenvalue weighted by molar-refractivity contribution is 5.85. The molecule has 4 aromatic heterocycles. The number of aryl methyl sites for hydroxylation is 2. The Labute approximate surface area is 163 Å². The molecule has 11 nitrogen and oxygen atoms in total. The number of nitrogen functional groups attached to an aromatic ring is 1. The number of hydrogen-bond acceptors (Lipinski definition) is 9. The van der Waals surface area contributed by atoms with Crippen molar-refractivity contribution in [2.75, 3.05) is 5.73 Å². The Balaban J connectivity index is 1.42. The fourth-order valence-electron chi connectivity index (χ4n) is 3.11. The van der Waals surface area contributed by atoms with Gasteiger partial charge in [0.2, 0.25) is 17.5 Å². The quantitative estimate of drug-likeness (QED) is 0.378.